The van der Waals surface area contributed by atoms with Crippen molar-refractivity contribution in [3.8, 4) is 6.07 Å². The number of ether oxygens (including phenoxy) is 1. The molecule has 1 saturated carbocycles. The van der Waals surface area contributed by atoms with Crippen molar-refractivity contribution in [2.45, 2.75) is 38.1 Å². The number of amides is 1. The molecule has 3 fully saturated rings. The van der Waals surface area contributed by atoms with E-state index in [0.717, 1.165) is 19.4 Å². The molecule has 92 valence electrons. The third kappa shape index (κ3) is 1.64. The molecule has 3 aliphatic rings. The van der Waals surface area contributed by atoms with Crippen molar-refractivity contribution in [1.29, 1.82) is 5.26 Å². The Hall–Kier alpha value is -1.08. The number of carbonyl (C=O) groups is 1. The van der Waals surface area contributed by atoms with Crippen molar-refractivity contribution in [3.05, 3.63) is 0 Å². The predicted octanol–water partition coefficient (Wildman–Crippen LogP) is 1.32. The number of nitriles is 1. The van der Waals surface area contributed by atoms with Crippen LogP contribution in [0.3, 0.4) is 0 Å². The van der Waals surface area contributed by atoms with E-state index in [0.29, 0.717) is 38.0 Å². The molecule has 0 spiro atoms. The number of likely N-dealkylation sites (tertiary alicyclic amines) is 1. The van der Waals surface area contributed by atoms with E-state index in [1.165, 1.54) is 6.42 Å². The van der Waals surface area contributed by atoms with Crippen LogP contribution in [0.4, 0.5) is 0 Å². The van der Waals surface area contributed by atoms with Crippen LogP contribution in [0, 0.1) is 22.7 Å². The zero-order chi connectivity index (χ0) is 11.9. The summed E-state index contributed by atoms with van der Waals surface area (Å²) in [6, 6.07) is 2.70. The lowest BCUT2D eigenvalue weighted by Crippen LogP contribution is -2.49. The van der Waals surface area contributed by atoms with Gasteiger partial charge in [0.1, 0.15) is 5.41 Å². The van der Waals surface area contributed by atoms with Crippen molar-refractivity contribution in [1.82, 2.24) is 4.90 Å². The molecule has 17 heavy (non-hydrogen) atoms. The average molecular weight is 234 g/mol. The molecule has 1 aliphatic carbocycles. The number of carbonyl (C=O) groups excluding carboxylic acids is 1. The fourth-order valence-corrected chi connectivity index (χ4v) is 3.54. The molecule has 4 nitrogen and oxygen atoms in total. The van der Waals surface area contributed by atoms with Gasteiger partial charge < -0.3 is 9.64 Å². The van der Waals surface area contributed by atoms with Gasteiger partial charge in [0.05, 0.1) is 6.07 Å². The van der Waals surface area contributed by atoms with E-state index >= 15 is 0 Å². The molecule has 2 unspecified atom stereocenters. The summed E-state index contributed by atoms with van der Waals surface area (Å²) >= 11 is 0. The van der Waals surface area contributed by atoms with Crippen LogP contribution in [0.1, 0.15) is 32.1 Å². The molecule has 0 aromatic carbocycles. The number of nitrogens with zero attached hydrogens (tertiary/aromatic N) is 2. The summed E-state index contributed by atoms with van der Waals surface area (Å²) in [5, 5.41) is 9.39. The SMILES string of the molecule is N#CC1(C(=O)N2CC3CCC2C3)CCOCC1. The van der Waals surface area contributed by atoms with Crippen molar-refractivity contribution >= 4 is 5.91 Å². The van der Waals surface area contributed by atoms with Gasteiger partial charge in [0.2, 0.25) is 5.91 Å². The van der Waals surface area contributed by atoms with Gasteiger partial charge in [0.15, 0.2) is 0 Å². The van der Waals surface area contributed by atoms with Gasteiger partial charge in [0, 0.05) is 25.8 Å². The third-order valence-corrected chi connectivity index (χ3v) is 4.64. The Bertz CT molecular complexity index is 368. The maximum atomic E-state index is 12.6. The minimum absolute atomic E-state index is 0.0792. The zero-order valence-electron chi connectivity index (χ0n) is 10.0. The van der Waals surface area contributed by atoms with Crippen LogP contribution in [0.2, 0.25) is 0 Å². The average Bonchev–Trinajstić information content (AvgIpc) is 3.01. The van der Waals surface area contributed by atoms with Crippen LogP contribution < -0.4 is 0 Å². The van der Waals surface area contributed by atoms with E-state index in [2.05, 4.69) is 6.07 Å². The number of rotatable bonds is 1. The Morgan fingerprint density at radius 2 is 2.12 bits per heavy atom. The van der Waals surface area contributed by atoms with Gasteiger partial charge in [-0.15, -0.1) is 0 Å². The molecule has 2 saturated heterocycles. The Labute approximate surface area is 102 Å². The molecule has 2 bridgehead atoms. The molecular weight excluding hydrogens is 216 g/mol. The molecule has 0 radical (unpaired) electrons. The lowest BCUT2D eigenvalue weighted by molar-refractivity contribution is -0.145. The maximum absolute atomic E-state index is 12.6. The first-order chi connectivity index (χ1) is 8.25. The quantitative estimate of drug-likeness (QED) is 0.687. The second-order valence-electron chi connectivity index (χ2n) is 5.60. The van der Waals surface area contributed by atoms with Crippen molar-refractivity contribution in [3.63, 3.8) is 0 Å². The van der Waals surface area contributed by atoms with Gasteiger partial charge in [0.25, 0.3) is 0 Å². The minimum atomic E-state index is -0.789. The highest BCUT2D eigenvalue weighted by Gasteiger charge is 2.49. The highest BCUT2D eigenvalue weighted by atomic mass is 16.5. The lowest BCUT2D eigenvalue weighted by Gasteiger charge is -2.36. The largest absolute Gasteiger partial charge is 0.381 e. The molecule has 0 aromatic heterocycles. The summed E-state index contributed by atoms with van der Waals surface area (Å²) in [6.07, 6.45) is 4.68. The highest BCUT2D eigenvalue weighted by Crippen LogP contribution is 2.41. The topological polar surface area (TPSA) is 53.3 Å². The minimum Gasteiger partial charge on any atom is -0.381 e. The lowest BCUT2D eigenvalue weighted by atomic mass is 9.80. The van der Waals surface area contributed by atoms with E-state index in [1.807, 2.05) is 4.90 Å². The molecule has 2 aliphatic heterocycles. The summed E-state index contributed by atoms with van der Waals surface area (Å²) in [7, 11) is 0. The first-order valence-electron chi connectivity index (χ1n) is 6.55. The smallest absolute Gasteiger partial charge is 0.243 e. The zero-order valence-corrected chi connectivity index (χ0v) is 10.0. The van der Waals surface area contributed by atoms with Crippen LogP contribution in [0.5, 0.6) is 0 Å². The summed E-state index contributed by atoms with van der Waals surface area (Å²) in [5.74, 6) is 0.773. The Morgan fingerprint density at radius 3 is 2.65 bits per heavy atom. The van der Waals surface area contributed by atoms with Crippen molar-refractivity contribution < 1.29 is 9.53 Å². The maximum Gasteiger partial charge on any atom is 0.243 e. The summed E-state index contributed by atoms with van der Waals surface area (Å²) in [4.78, 5) is 14.6. The van der Waals surface area contributed by atoms with Gasteiger partial charge in [-0.2, -0.15) is 5.26 Å². The van der Waals surface area contributed by atoms with Gasteiger partial charge in [-0.3, -0.25) is 4.79 Å². The van der Waals surface area contributed by atoms with E-state index in [9.17, 15) is 10.1 Å². The molecular formula is C13H18N2O2. The highest BCUT2D eigenvalue weighted by molar-refractivity contribution is 5.86. The number of piperidine rings is 1. The number of fused-ring (bicyclic) bond motifs is 2. The van der Waals surface area contributed by atoms with E-state index < -0.39 is 5.41 Å². The predicted molar refractivity (Wildman–Crippen MR) is 60.9 cm³/mol. The fraction of sp³-hybridized carbons (Fsp3) is 0.846. The first kappa shape index (κ1) is 11.0. The molecule has 4 heteroatoms. The van der Waals surface area contributed by atoms with Gasteiger partial charge in [-0.05, 0) is 38.0 Å². The van der Waals surface area contributed by atoms with Crippen LogP contribution in [0.25, 0.3) is 0 Å². The summed E-state index contributed by atoms with van der Waals surface area (Å²) in [6.45, 7) is 1.97. The first-order valence-corrected chi connectivity index (χ1v) is 6.55. The summed E-state index contributed by atoms with van der Waals surface area (Å²) < 4.78 is 5.28. The van der Waals surface area contributed by atoms with Crippen molar-refractivity contribution in [2.24, 2.45) is 11.3 Å². The molecule has 0 aromatic rings. The number of hydrogen-bond acceptors (Lipinski definition) is 3. The van der Waals surface area contributed by atoms with Crippen molar-refractivity contribution in [2.75, 3.05) is 19.8 Å². The van der Waals surface area contributed by atoms with Gasteiger partial charge in [-0.25, -0.2) is 0 Å². The Balaban J connectivity index is 1.78. The fourth-order valence-electron chi connectivity index (χ4n) is 3.54. The Kier molecular flexibility index (Phi) is 2.59. The van der Waals surface area contributed by atoms with Gasteiger partial charge in [-0.1, -0.05) is 0 Å². The normalized spacial score (nSPS) is 34.6. The summed E-state index contributed by atoms with van der Waals surface area (Å²) in [5.41, 5.74) is -0.789. The molecule has 1 amide bonds. The monoisotopic (exact) mass is 234 g/mol. The van der Waals surface area contributed by atoms with Crippen LogP contribution in [-0.2, 0) is 9.53 Å². The second-order valence-corrected chi connectivity index (χ2v) is 5.60. The van der Waals surface area contributed by atoms with Crippen LogP contribution in [-0.4, -0.2) is 36.6 Å². The molecule has 3 rings (SSSR count). The molecule has 2 atom stereocenters. The number of hydrogen-bond donors (Lipinski definition) is 0. The van der Waals surface area contributed by atoms with Crippen LogP contribution >= 0.6 is 0 Å². The molecule has 0 N–H and O–H groups in total. The Morgan fingerprint density at radius 1 is 1.35 bits per heavy atom. The second kappa shape index (κ2) is 3.99. The van der Waals surface area contributed by atoms with E-state index in [4.69, 9.17) is 4.74 Å². The van der Waals surface area contributed by atoms with Gasteiger partial charge >= 0.3 is 0 Å². The third-order valence-electron chi connectivity index (χ3n) is 4.64. The standard InChI is InChI=1S/C13H18N2O2/c14-9-13(3-5-17-6-4-13)12(16)15-8-10-1-2-11(15)7-10/h10-11H,1-8H2. The van der Waals surface area contributed by atoms with Crippen LogP contribution in [0.15, 0.2) is 0 Å². The van der Waals surface area contributed by atoms with E-state index in [1.54, 1.807) is 0 Å². The molecule has 2 heterocycles. The van der Waals surface area contributed by atoms with E-state index in [-0.39, 0.29) is 5.91 Å².